The average molecular weight is 300 g/mol. The Labute approximate surface area is 121 Å². The van der Waals surface area contributed by atoms with E-state index in [0.717, 1.165) is 38.2 Å². The average Bonchev–Trinajstić information content (AvgIpc) is 2.95. The first kappa shape index (κ1) is 14.7. The van der Waals surface area contributed by atoms with Crippen LogP contribution in [0.25, 0.3) is 0 Å². The maximum Gasteiger partial charge on any atom is 0.254 e. The van der Waals surface area contributed by atoms with E-state index < -0.39 is 11.7 Å². The summed E-state index contributed by atoms with van der Waals surface area (Å²) in [6.45, 7) is 1.76. The molecule has 0 bridgehead atoms. The molecule has 1 saturated heterocycles. The van der Waals surface area contributed by atoms with E-state index in [2.05, 4.69) is 10.3 Å². The van der Waals surface area contributed by atoms with Crippen molar-refractivity contribution >= 4 is 23.4 Å². The van der Waals surface area contributed by atoms with Gasteiger partial charge in [-0.2, -0.15) is 0 Å². The molecule has 1 aliphatic heterocycles. The standard InChI is InChI=1S/C13H15ClFN3O2/c14-12-10(7-9(15)8-17-12)13(20)16-4-3-11(19)18-5-1-2-6-18/h7-8H,1-6H2,(H,16,20). The zero-order valence-electron chi connectivity index (χ0n) is 10.9. The van der Waals surface area contributed by atoms with E-state index in [4.69, 9.17) is 11.6 Å². The molecule has 0 aromatic carbocycles. The molecule has 0 saturated carbocycles. The summed E-state index contributed by atoms with van der Waals surface area (Å²) in [5.74, 6) is -1.14. The summed E-state index contributed by atoms with van der Waals surface area (Å²) in [5, 5.41) is 2.48. The van der Waals surface area contributed by atoms with Gasteiger partial charge in [-0.05, 0) is 18.9 Å². The van der Waals surface area contributed by atoms with Crippen molar-refractivity contribution in [3.05, 3.63) is 28.8 Å². The third-order valence-electron chi connectivity index (χ3n) is 3.13. The molecule has 0 unspecified atom stereocenters. The molecule has 1 fully saturated rings. The number of halogens is 2. The van der Waals surface area contributed by atoms with Crippen molar-refractivity contribution < 1.29 is 14.0 Å². The Hall–Kier alpha value is -1.69. The first-order chi connectivity index (χ1) is 9.58. The maximum absolute atomic E-state index is 13.0. The highest BCUT2D eigenvalue weighted by Crippen LogP contribution is 2.13. The summed E-state index contributed by atoms with van der Waals surface area (Å²) in [5.41, 5.74) is -0.0275. The van der Waals surface area contributed by atoms with Crippen LogP contribution in [0.1, 0.15) is 29.6 Å². The Kier molecular flexibility index (Phi) is 4.89. The van der Waals surface area contributed by atoms with Gasteiger partial charge in [0.2, 0.25) is 5.91 Å². The van der Waals surface area contributed by atoms with Gasteiger partial charge in [0.25, 0.3) is 5.91 Å². The lowest BCUT2D eigenvalue weighted by Crippen LogP contribution is -2.32. The maximum atomic E-state index is 13.0. The van der Waals surface area contributed by atoms with Gasteiger partial charge in [-0.3, -0.25) is 9.59 Å². The molecule has 1 aliphatic rings. The zero-order chi connectivity index (χ0) is 14.5. The Morgan fingerprint density at radius 1 is 1.40 bits per heavy atom. The lowest BCUT2D eigenvalue weighted by molar-refractivity contribution is -0.129. The Morgan fingerprint density at radius 2 is 2.10 bits per heavy atom. The molecular weight excluding hydrogens is 285 g/mol. The number of amides is 2. The monoisotopic (exact) mass is 299 g/mol. The van der Waals surface area contributed by atoms with Crippen LogP contribution in [-0.4, -0.2) is 41.3 Å². The summed E-state index contributed by atoms with van der Waals surface area (Å²) >= 11 is 5.72. The van der Waals surface area contributed by atoms with Gasteiger partial charge in [-0.15, -0.1) is 0 Å². The molecule has 0 radical (unpaired) electrons. The van der Waals surface area contributed by atoms with Gasteiger partial charge in [0.05, 0.1) is 11.8 Å². The number of rotatable bonds is 4. The Balaban J connectivity index is 1.83. The van der Waals surface area contributed by atoms with Gasteiger partial charge < -0.3 is 10.2 Å². The smallest absolute Gasteiger partial charge is 0.254 e. The van der Waals surface area contributed by atoms with E-state index >= 15 is 0 Å². The van der Waals surface area contributed by atoms with Crippen LogP contribution < -0.4 is 5.32 Å². The molecule has 0 spiro atoms. The molecule has 0 atom stereocenters. The molecule has 2 amide bonds. The van der Waals surface area contributed by atoms with E-state index in [1.54, 1.807) is 4.90 Å². The molecule has 2 heterocycles. The summed E-state index contributed by atoms with van der Waals surface area (Å²) in [6.07, 6.45) is 3.23. The molecule has 1 aromatic heterocycles. The SMILES string of the molecule is O=C(NCCC(=O)N1CCCC1)c1cc(F)cnc1Cl. The zero-order valence-corrected chi connectivity index (χ0v) is 11.6. The molecule has 7 heteroatoms. The number of carbonyl (C=O) groups is 2. The second-order valence-electron chi connectivity index (χ2n) is 4.59. The van der Waals surface area contributed by atoms with Crippen molar-refractivity contribution in [1.82, 2.24) is 15.2 Å². The van der Waals surface area contributed by atoms with Gasteiger partial charge in [0.15, 0.2) is 0 Å². The number of carbonyl (C=O) groups excluding carboxylic acids is 2. The van der Waals surface area contributed by atoms with Gasteiger partial charge in [0, 0.05) is 26.1 Å². The van der Waals surface area contributed by atoms with Crippen LogP contribution in [0.2, 0.25) is 5.15 Å². The minimum atomic E-state index is -0.632. The molecule has 0 aliphatic carbocycles. The fourth-order valence-electron chi connectivity index (χ4n) is 2.08. The van der Waals surface area contributed by atoms with Crippen LogP contribution in [0.5, 0.6) is 0 Å². The summed E-state index contributed by atoms with van der Waals surface area (Å²) in [4.78, 5) is 28.9. The van der Waals surface area contributed by atoms with Crippen molar-refractivity contribution in [3.63, 3.8) is 0 Å². The van der Waals surface area contributed by atoms with E-state index in [9.17, 15) is 14.0 Å². The third-order valence-corrected chi connectivity index (χ3v) is 3.43. The van der Waals surface area contributed by atoms with Crippen LogP contribution in [0.15, 0.2) is 12.3 Å². The predicted octanol–water partition coefficient (Wildman–Crippen LogP) is 1.62. The number of hydrogen-bond acceptors (Lipinski definition) is 3. The van der Waals surface area contributed by atoms with Crippen LogP contribution in [0, 0.1) is 5.82 Å². The molecule has 1 N–H and O–H groups in total. The topological polar surface area (TPSA) is 62.3 Å². The lowest BCUT2D eigenvalue weighted by Gasteiger charge is -2.15. The summed E-state index contributed by atoms with van der Waals surface area (Å²) in [7, 11) is 0. The van der Waals surface area contributed by atoms with E-state index in [1.807, 2.05) is 0 Å². The summed E-state index contributed by atoms with van der Waals surface area (Å²) < 4.78 is 13.0. The predicted molar refractivity (Wildman–Crippen MR) is 72.0 cm³/mol. The van der Waals surface area contributed by atoms with Gasteiger partial charge in [-0.1, -0.05) is 11.6 Å². The van der Waals surface area contributed by atoms with E-state index in [-0.39, 0.29) is 29.6 Å². The third kappa shape index (κ3) is 3.66. The minimum absolute atomic E-state index is 0.0197. The molecule has 20 heavy (non-hydrogen) atoms. The fourth-order valence-corrected chi connectivity index (χ4v) is 2.27. The van der Waals surface area contributed by atoms with Crippen LogP contribution in [-0.2, 0) is 4.79 Å². The number of nitrogens with one attached hydrogen (secondary N) is 1. The Bertz CT molecular complexity index is 518. The van der Waals surface area contributed by atoms with E-state index in [0.29, 0.717) is 0 Å². The van der Waals surface area contributed by atoms with Crippen molar-refractivity contribution in [3.8, 4) is 0 Å². The number of likely N-dealkylation sites (tertiary alicyclic amines) is 1. The lowest BCUT2D eigenvalue weighted by atomic mass is 10.2. The van der Waals surface area contributed by atoms with Crippen molar-refractivity contribution in [2.24, 2.45) is 0 Å². The molecule has 2 rings (SSSR count). The quantitative estimate of drug-likeness (QED) is 0.859. The normalized spacial score (nSPS) is 14.4. The molecular formula is C13H15ClFN3O2. The largest absolute Gasteiger partial charge is 0.351 e. The van der Waals surface area contributed by atoms with Gasteiger partial charge >= 0.3 is 0 Å². The van der Waals surface area contributed by atoms with Gasteiger partial charge in [-0.25, -0.2) is 9.37 Å². The highest BCUT2D eigenvalue weighted by atomic mass is 35.5. The molecule has 5 nitrogen and oxygen atoms in total. The minimum Gasteiger partial charge on any atom is -0.351 e. The van der Waals surface area contributed by atoms with E-state index in [1.165, 1.54) is 0 Å². The molecule has 1 aromatic rings. The molecule has 108 valence electrons. The van der Waals surface area contributed by atoms with Gasteiger partial charge in [0.1, 0.15) is 11.0 Å². The number of nitrogens with zero attached hydrogens (tertiary/aromatic N) is 2. The number of hydrogen-bond donors (Lipinski definition) is 1. The fraction of sp³-hybridized carbons (Fsp3) is 0.462. The van der Waals surface area contributed by atoms with Crippen LogP contribution in [0.3, 0.4) is 0 Å². The highest BCUT2D eigenvalue weighted by Gasteiger charge is 2.18. The second-order valence-corrected chi connectivity index (χ2v) is 4.94. The van der Waals surface area contributed by atoms with Crippen LogP contribution in [0.4, 0.5) is 4.39 Å². The summed E-state index contributed by atoms with van der Waals surface area (Å²) in [6, 6.07) is 1.02. The first-order valence-corrected chi connectivity index (χ1v) is 6.83. The number of pyridine rings is 1. The van der Waals surface area contributed by atoms with Crippen LogP contribution >= 0.6 is 11.6 Å². The second kappa shape index (κ2) is 6.65. The first-order valence-electron chi connectivity index (χ1n) is 6.45. The Morgan fingerprint density at radius 3 is 2.80 bits per heavy atom. The van der Waals surface area contributed by atoms with Crippen molar-refractivity contribution in [1.29, 1.82) is 0 Å². The van der Waals surface area contributed by atoms with Crippen molar-refractivity contribution in [2.75, 3.05) is 19.6 Å². The number of aromatic nitrogens is 1. The van der Waals surface area contributed by atoms with Crippen molar-refractivity contribution in [2.45, 2.75) is 19.3 Å². The highest BCUT2D eigenvalue weighted by molar-refractivity contribution is 6.32.